The van der Waals surface area contributed by atoms with E-state index in [1.54, 1.807) is 0 Å². The lowest BCUT2D eigenvalue weighted by atomic mass is 9.95. The van der Waals surface area contributed by atoms with E-state index in [9.17, 15) is 0 Å². The van der Waals surface area contributed by atoms with Gasteiger partial charge in [0.2, 0.25) is 0 Å². The van der Waals surface area contributed by atoms with E-state index >= 15 is 0 Å². The van der Waals surface area contributed by atoms with Crippen molar-refractivity contribution < 1.29 is 0 Å². The zero-order valence-corrected chi connectivity index (χ0v) is 11.3. The molecular formula is C15H28N2. The van der Waals surface area contributed by atoms with Crippen molar-refractivity contribution in [2.75, 3.05) is 19.6 Å². The van der Waals surface area contributed by atoms with Gasteiger partial charge in [-0.25, -0.2) is 0 Å². The summed E-state index contributed by atoms with van der Waals surface area (Å²) in [6, 6.07) is 1.73. The highest BCUT2D eigenvalue weighted by Gasteiger charge is 2.34. The molecule has 2 nitrogen and oxygen atoms in total. The zero-order chi connectivity index (χ0) is 11.7. The molecule has 0 radical (unpaired) electrons. The third-order valence-electron chi connectivity index (χ3n) is 4.92. The van der Waals surface area contributed by atoms with Gasteiger partial charge < -0.3 is 5.32 Å². The molecule has 0 aromatic carbocycles. The van der Waals surface area contributed by atoms with Crippen molar-refractivity contribution in [3.05, 3.63) is 0 Å². The number of nitrogens with one attached hydrogen (secondary N) is 1. The molecule has 1 heterocycles. The molecule has 1 saturated heterocycles. The van der Waals surface area contributed by atoms with Crippen LogP contribution in [0.25, 0.3) is 0 Å². The Balaban J connectivity index is 1.44. The summed E-state index contributed by atoms with van der Waals surface area (Å²) >= 11 is 0. The van der Waals surface area contributed by atoms with Gasteiger partial charge in [0, 0.05) is 25.2 Å². The van der Waals surface area contributed by atoms with E-state index in [0.717, 1.165) is 23.9 Å². The summed E-state index contributed by atoms with van der Waals surface area (Å²) < 4.78 is 0. The first-order valence-corrected chi connectivity index (χ1v) is 7.78. The molecule has 3 aliphatic rings. The van der Waals surface area contributed by atoms with Gasteiger partial charge in [-0.15, -0.1) is 0 Å². The second-order valence-electron chi connectivity index (χ2n) is 6.78. The molecule has 2 aliphatic carbocycles. The minimum Gasteiger partial charge on any atom is -0.312 e. The summed E-state index contributed by atoms with van der Waals surface area (Å²) in [5.41, 5.74) is 0. The van der Waals surface area contributed by atoms with Crippen molar-refractivity contribution in [1.29, 1.82) is 0 Å². The molecule has 0 aromatic heterocycles. The van der Waals surface area contributed by atoms with Gasteiger partial charge in [0.1, 0.15) is 0 Å². The highest BCUT2D eigenvalue weighted by molar-refractivity contribution is 4.91. The van der Waals surface area contributed by atoms with E-state index in [-0.39, 0.29) is 0 Å². The fourth-order valence-corrected chi connectivity index (χ4v) is 3.83. The maximum absolute atomic E-state index is 3.86. The summed E-state index contributed by atoms with van der Waals surface area (Å²) in [5, 5.41) is 3.86. The molecule has 3 fully saturated rings. The smallest absolute Gasteiger partial charge is 0.0198 e. The molecule has 2 unspecified atom stereocenters. The molecule has 0 amide bonds. The van der Waals surface area contributed by atoms with Gasteiger partial charge in [-0.3, -0.25) is 4.90 Å². The molecule has 98 valence electrons. The summed E-state index contributed by atoms with van der Waals surface area (Å²) in [4.78, 5) is 2.75. The van der Waals surface area contributed by atoms with Crippen LogP contribution in [0.2, 0.25) is 0 Å². The Labute approximate surface area is 106 Å². The van der Waals surface area contributed by atoms with E-state index in [1.165, 1.54) is 64.6 Å². The SMILES string of the molecule is CC1CC(NCC2CCCC2)CN(C2CC2)C1. The average molecular weight is 236 g/mol. The lowest BCUT2D eigenvalue weighted by Gasteiger charge is -2.37. The lowest BCUT2D eigenvalue weighted by Crippen LogP contribution is -2.50. The van der Waals surface area contributed by atoms with Crippen molar-refractivity contribution in [3.8, 4) is 0 Å². The van der Waals surface area contributed by atoms with Crippen LogP contribution in [0.1, 0.15) is 51.9 Å². The molecule has 2 saturated carbocycles. The van der Waals surface area contributed by atoms with E-state index in [4.69, 9.17) is 0 Å². The van der Waals surface area contributed by atoms with Crippen molar-refractivity contribution in [3.63, 3.8) is 0 Å². The Hall–Kier alpha value is -0.0800. The Morgan fingerprint density at radius 1 is 1.06 bits per heavy atom. The van der Waals surface area contributed by atoms with E-state index in [0.29, 0.717) is 0 Å². The topological polar surface area (TPSA) is 15.3 Å². The predicted octanol–water partition coefficient (Wildman–Crippen LogP) is 2.64. The molecule has 3 rings (SSSR count). The van der Waals surface area contributed by atoms with E-state index in [1.807, 2.05) is 0 Å². The standard InChI is InChI=1S/C15H28N2/c1-12-8-14(11-17(10-12)15-6-7-15)16-9-13-4-2-3-5-13/h12-16H,2-11H2,1H3. The fraction of sp³-hybridized carbons (Fsp3) is 1.00. The van der Waals surface area contributed by atoms with E-state index in [2.05, 4.69) is 17.1 Å². The maximum atomic E-state index is 3.86. The molecule has 1 N–H and O–H groups in total. The van der Waals surface area contributed by atoms with Crippen LogP contribution in [0.5, 0.6) is 0 Å². The van der Waals surface area contributed by atoms with E-state index < -0.39 is 0 Å². The van der Waals surface area contributed by atoms with Crippen molar-refractivity contribution in [1.82, 2.24) is 10.2 Å². The first-order chi connectivity index (χ1) is 8.31. The van der Waals surface area contributed by atoms with Gasteiger partial charge in [0.05, 0.1) is 0 Å². The first-order valence-electron chi connectivity index (χ1n) is 7.78. The number of piperidine rings is 1. The number of likely N-dealkylation sites (tertiary alicyclic amines) is 1. The van der Waals surface area contributed by atoms with Gasteiger partial charge in [0.25, 0.3) is 0 Å². The minimum atomic E-state index is 0.778. The summed E-state index contributed by atoms with van der Waals surface area (Å²) in [6.07, 6.45) is 10.2. The minimum absolute atomic E-state index is 0.778. The molecule has 2 atom stereocenters. The Morgan fingerprint density at radius 3 is 2.53 bits per heavy atom. The number of hydrogen-bond acceptors (Lipinski definition) is 2. The van der Waals surface area contributed by atoms with Crippen molar-refractivity contribution >= 4 is 0 Å². The summed E-state index contributed by atoms with van der Waals surface area (Å²) in [5.74, 6) is 1.88. The second-order valence-corrected chi connectivity index (χ2v) is 6.78. The Kier molecular flexibility index (Phi) is 3.72. The highest BCUT2D eigenvalue weighted by atomic mass is 15.2. The van der Waals surface area contributed by atoms with Crippen molar-refractivity contribution in [2.24, 2.45) is 11.8 Å². The average Bonchev–Trinajstić information content (AvgIpc) is 3.04. The van der Waals surface area contributed by atoms with Gasteiger partial charge in [-0.1, -0.05) is 19.8 Å². The second kappa shape index (κ2) is 5.27. The van der Waals surface area contributed by atoms with Crippen LogP contribution in [-0.4, -0.2) is 36.6 Å². The fourth-order valence-electron chi connectivity index (χ4n) is 3.83. The Morgan fingerprint density at radius 2 is 1.82 bits per heavy atom. The monoisotopic (exact) mass is 236 g/mol. The van der Waals surface area contributed by atoms with Gasteiger partial charge in [0.15, 0.2) is 0 Å². The molecule has 0 spiro atoms. The molecule has 2 heteroatoms. The molecule has 0 bridgehead atoms. The lowest BCUT2D eigenvalue weighted by molar-refractivity contribution is 0.139. The van der Waals surface area contributed by atoms with Gasteiger partial charge in [-0.2, -0.15) is 0 Å². The third kappa shape index (κ3) is 3.23. The molecular weight excluding hydrogens is 208 g/mol. The Bertz CT molecular complexity index is 243. The summed E-state index contributed by atoms with van der Waals surface area (Å²) in [7, 11) is 0. The number of nitrogens with zero attached hydrogens (tertiary/aromatic N) is 1. The van der Waals surface area contributed by atoms with Crippen LogP contribution in [0.3, 0.4) is 0 Å². The molecule has 0 aromatic rings. The largest absolute Gasteiger partial charge is 0.312 e. The van der Waals surface area contributed by atoms with Crippen LogP contribution in [0.4, 0.5) is 0 Å². The summed E-state index contributed by atoms with van der Waals surface area (Å²) in [6.45, 7) is 6.39. The van der Waals surface area contributed by atoms with Crippen LogP contribution in [-0.2, 0) is 0 Å². The number of rotatable bonds is 4. The maximum Gasteiger partial charge on any atom is 0.0198 e. The van der Waals surface area contributed by atoms with Crippen molar-refractivity contribution in [2.45, 2.75) is 64.0 Å². The van der Waals surface area contributed by atoms with Gasteiger partial charge >= 0.3 is 0 Å². The highest BCUT2D eigenvalue weighted by Crippen LogP contribution is 2.31. The molecule has 17 heavy (non-hydrogen) atoms. The number of hydrogen-bond donors (Lipinski definition) is 1. The van der Waals surface area contributed by atoms with Gasteiger partial charge in [-0.05, 0) is 50.5 Å². The van der Waals surface area contributed by atoms with Crippen LogP contribution < -0.4 is 5.32 Å². The predicted molar refractivity (Wildman–Crippen MR) is 72.1 cm³/mol. The first kappa shape index (κ1) is 12.0. The van der Waals surface area contributed by atoms with Crippen LogP contribution in [0, 0.1) is 11.8 Å². The normalized spacial score (nSPS) is 36.5. The van der Waals surface area contributed by atoms with Crippen LogP contribution >= 0.6 is 0 Å². The quantitative estimate of drug-likeness (QED) is 0.807. The molecule has 1 aliphatic heterocycles. The zero-order valence-electron chi connectivity index (χ0n) is 11.3. The third-order valence-corrected chi connectivity index (χ3v) is 4.92. The van der Waals surface area contributed by atoms with Crippen LogP contribution in [0.15, 0.2) is 0 Å².